The molecule has 2 aromatic carbocycles. The van der Waals surface area contributed by atoms with Crippen molar-refractivity contribution in [3.8, 4) is 0 Å². The largest absolute Gasteiger partial charge is 0.308 e. The van der Waals surface area contributed by atoms with Crippen molar-refractivity contribution in [1.82, 2.24) is 9.29 Å². The van der Waals surface area contributed by atoms with E-state index in [-0.39, 0.29) is 9.77 Å². The Bertz CT molecular complexity index is 1090. The van der Waals surface area contributed by atoms with Crippen LogP contribution in [0.4, 0.5) is 0 Å². The summed E-state index contributed by atoms with van der Waals surface area (Å²) in [6.45, 7) is 2.98. The molecule has 1 N–H and O–H groups in total. The number of nitrogens with one attached hydrogen (secondary N) is 1. The fourth-order valence-corrected chi connectivity index (χ4v) is 5.14. The lowest BCUT2D eigenvalue weighted by atomic mass is 10.1. The van der Waals surface area contributed by atoms with Crippen molar-refractivity contribution in [3.05, 3.63) is 62.7 Å². The van der Waals surface area contributed by atoms with Gasteiger partial charge in [0.1, 0.15) is 0 Å². The van der Waals surface area contributed by atoms with Gasteiger partial charge in [-0.25, -0.2) is 13.1 Å². The molecule has 0 aliphatic carbocycles. The summed E-state index contributed by atoms with van der Waals surface area (Å²) in [6, 6.07) is 12.4. The highest BCUT2D eigenvalue weighted by molar-refractivity contribution is 7.89. The lowest BCUT2D eigenvalue weighted by molar-refractivity contribution is 0.579. The normalized spacial score (nSPS) is 11.9. The van der Waals surface area contributed by atoms with Crippen molar-refractivity contribution in [1.29, 1.82) is 0 Å². The summed E-state index contributed by atoms with van der Waals surface area (Å²) in [5.41, 5.74) is 1.90. The van der Waals surface area contributed by atoms with Gasteiger partial charge in [-0.3, -0.25) is 9.36 Å². The molecule has 0 saturated heterocycles. The molecule has 144 valence electrons. The Balaban J connectivity index is 1.67. The van der Waals surface area contributed by atoms with Crippen LogP contribution in [0.5, 0.6) is 0 Å². The summed E-state index contributed by atoms with van der Waals surface area (Å²) in [7, 11) is -3.60. The highest BCUT2D eigenvalue weighted by Gasteiger charge is 2.16. The number of aryl methyl sites for hydroxylation is 2. The molecule has 0 amide bonds. The number of thiazole rings is 1. The maximum atomic E-state index is 12.5. The third-order valence-electron chi connectivity index (χ3n) is 4.24. The van der Waals surface area contributed by atoms with E-state index in [0.717, 1.165) is 35.3 Å². The number of fused-ring (bicyclic) bond motifs is 1. The van der Waals surface area contributed by atoms with Gasteiger partial charge in [-0.15, -0.1) is 0 Å². The molecule has 5 nitrogen and oxygen atoms in total. The molecule has 0 aliphatic heterocycles. The molecular weight excluding hydrogens is 404 g/mol. The Morgan fingerprint density at radius 1 is 1.15 bits per heavy atom. The second kappa shape index (κ2) is 8.56. The third-order valence-corrected chi connectivity index (χ3v) is 6.90. The van der Waals surface area contributed by atoms with Gasteiger partial charge in [0.05, 0.1) is 15.1 Å². The molecule has 0 unspecified atom stereocenters. The number of rotatable bonds is 8. The first kappa shape index (κ1) is 20.1. The second-order valence-corrected chi connectivity index (χ2v) is 9.47. The van der Waals surface area contributed by atoms with Crippen LogP contribution in [0, 0.1) is 0 Å². The van der Waals surface area contributed by atoms with Crippen LogP contribution in [-0.2, 0) is 23.0 Å². The molecule has 3 rings (SSSR count). The zero-order valence-electron chi connectivity index (χ0n) is 14.9. The van der Waals surface area contributed by atoms with E-state index in [9.17, 15) is 13.2 Å². The summed E-state index contributed by atoms with van der Waals surface area (Å²) in [6.07, 6.45) is 2.30. The second-order valence-electron chi connectivity index (χ2n) is 6.28. The van der Waals surface area contributed by atoms with Gasteiger partial charge in [0.15, 0.2) is 0 Å². The van der Waals surface area contributed by atoms with Gasteiger partial charge < -0.3 is 0 Å². The van der Waals surface area contributed by atoms with E-state index in [1.165, 1.54) is 0 Å². The number of benzene rings is 2. The minimum atomic E-state index is -3.60. The van der Waals surface area contributed by atoms with Crippen LogP contribution >= 0.6 is 22.9 Å². The Morgan fingerprint density at radius 2 is 1.89 bits per heavy atom. The Kier molecular flexibility index (Phi) is 6.37. The first-order valence-electron chi connectivity index (χ1n) is 8.78. The predicted octanol–water partition coefficient (Wildman–Crippen LogP) is 4.04. The van der Waals surface area contributed by atoms with Crippen molar-refractivity contribution < 1.29 is 8.42 Å². The number of hydrogen-bond donors (Lipinski definition) is 1. The molecule has 27 heavy (non-hydrogen) atoms. The maximum Gasteiger partial charge on any atom is 0.308 e. The zero-order chi connectivity index (χ0) is 19.4. The molecule has 3 aromatic rings. The summed E-state index contributed by atoms with van der Waals surface area (Å²) >= 11 is 6.94. The molecule has 0 aliphatic rings. The van der Waals surface area contributed by atoms with Crippen LogP contribution in [-0.4, -0.2) is 19.5 Å². The van der Waals surface area contributed by atoms with Crippen LogP contribution in [0.15, 0.2) is 52.2 Å². The lowest BCUT2D eigenvalue weighted by Crippen LogP contribution is -2.25. The Hall–Kier alpha value is -1.67. The number of halogens is 1. The van der Waals surface area contributed by atoms with E-state index in [1.807, 2.05) is 31.2 Å². The standard InChI is InChI=1S/C19H21ClN2O3S2/c1-2-12-22-17-10-9-16(13-18(17)26-19(22)23)27(24,25)21-11-3-4-14-5-7-15(20)8-6-14/h5-10,13,21H,2-4,11-12H2,1H3. The van der Waals surface area contributed by atoms with E-state index >= 15 is 0 Å². The van der Waals surface area contributed by atoms with Crippen molar-refractivity contribution in [2.75, 3.05) is 6.54 Å². The summed E-state index contributed by atoms with van der Waals surface area (Å²) < 4.78 is 30.1. The molecular formula is C19H21ClN2O3S2. The molecule has 0 fully saturated rings. The van der Waals surface area contributed by atoms with Gasteiger partial charge in [0, 0.05) is 18.1 Å². The summed E-state index contributed by atoms with van der Waals surface area (Å²) in [5, 5.41) is 0.685. The number of aromatic nitrogens is 1. The molecule has 8 heteroatoms. The SMILES string of the molecule is CCCn1c(=O)sc2cc(S(=O)(=O)NCCCc3ccc(Cl)cc3)ccc21. The fraction of sp³-hybridized carbons (Fsp3) is 0.316. The van der Waals surface area contributed by atoms with Crippen molar-refractivity contribution >= 4 is 43.2 Å². The zero-order valence-corrected chi connectivity index (χ0v) is 17.3. The monoisotopic (exact) mass is 424 g/mol. The summed E-state index contributed by atoms with van der Waals surface area (Å²) in [4.78, 5) is 12.2. The maximum absolute atomic E-state index is 12.5. The van der Waals surface area contributed by atoms with Gasteiger partial charge in [-0.2, -0.15) is 0 Å². The quantitative estimate of drug-likeness (QED) is 0.555. The van der Waals surface area contributed by atoms with E-state index < -0.39 is 10.0 Å². The molecule has 0 bridgehead atoms. The molecule has 0 spiro atoms. The molecule has 0 saturated carbocycles. The molecule has 0 radical (unpaired) electrons. The van der Waals surface area contributed by atoms with E-state index in [2.05, 4.69) is 4.72 Å². The molecule has 1 heterocycles. The smallest absolute Gasteiger partial charge is 0.299 e. The van der Waals surface area contributed by atoms with E-state index in [1.54, 1.807) is 22.8 Å². The number of nitrogens with zero attached hydrogens (tertiary/aromatic N) is 1. The first-order valence-corrected chi connectivity index (χ1v) is 11.5. The van der Waals surface area contributed by atoms with Gasteiger partial charge >= 0.3 is 4.87 Å². The highest BCUT2D eigenvalue weighted by Crippen LogP contribution is 2.22. The van der Waals surface area contributed by atoms with Crippen molar-refractivity contribution in [2.45, 2.75) is 37.6 Å². The lowest BCUT2D eigenvalue weighted by Gasteiger charge is -2.08. The average molecular weight is 425 g/mol. The van der Waals surface area contributed by atoms with Crippen LogP contribution in [0.1, 0.15) is 25.3 Å². The van der Waals surface area contributed by atoms with Gasteiger partial charge in [0.2, 0.25) is 10.0 Å². The van der Waals surface area contributed by atoms with Gasteiger partial charge in [0.25, 0.3) is 0 Å². The Labute approximate surface area is 167 Å². The minimum Gasteiger partial charge on any atom is -0.299 e. The topological polar surface area (TPSA) is 68.2 Å². The van der Waals surface area contributed by atoms with Crippen LogP contribution in [0.25, 0.3) is 10.2 Å². The van der Waals surface area contributed by atoms with Crippen molar-refractivity contribution in [3.63, 3.8) is 0 Å². The Morgan fingerprint density at radius 3 is 2.59 bits per heavy atom. The van der Waals surface area contributed by atoms with Crippen LogP contribution < -0.4 is 9.60 Å². The van der Waals surface area contributed by atoms with E-state index in [4.69, 9.17) is 11.6 Å². The predicted molar refractivity (Wildman–Crippen MR) is 111 cm³/mol. The van der Waals surface area contributed by atoms with Crippen LogP contribution in [0.3, 0.4) is 0 Å². The minimum absolute atomic E-state index is 0.0580. The molecule has 1 aromatic heterocycles. The van der Waals surface area contributed by atoms with Gasteiger partial charge in [-0.1, -0.05) is 42.0 Å². The van der Waals surface area contributed by atoms with Gasteiger partial charge in [-0.05, 0) is 55.2 Å². The third kappa shape index (κ3) is 4.79. The first-order chi connectivity index (χ1) is 12.9. The highest BCUT2D eigenvalue weighted by atomic mass is 35.5. The van der Waals surface area contributed by atoms with Crippen LogP contribution in [0.2, 0.25) is 5.02 Å². The average Bonchev–Trinajstić information content (AvgIpc) is 2.95. The number of sulfonamides is 1. The number of hydrogen-bond acceptors (Lipinski definition) is 4. The van der Waals surface area contributed by atoms with Crippen molar-refractivity contribution in [2.24, 2.45) is 0 Å². The summed E-state index contributed by atoms with van der Waals surface area (Å²) in [5.74, 6) is 0. The van der Waals surface area contributed by atoms with E-state index in [0.29, 0.717) is 29.2 Å². The molecule has 0 atom stereocenters. The fourth-order valence-electron chi connectivity index (χ4n) is 2.88.